The molecule has 2 rings (SSSR count). The number of hydrogen-bond donors (Lipinski definition) is 2. The number of carbonyl (C=O) groups excluding carboxylic acids is 1. The molecule has 0 saturated carbocycles. The monoisotopic (exact) mass is 302 g/mol. The van der Waals surface area contributed by atoms with Crippen molar-refractivity contribution in [3.8, 4) is 0 Å². The van der Waals surface area contributed by atoms with E-state index >= 15 is 0 Å². The van der Waals surface area contributed by atoms with Crippen LogP contribution >= 0.6 is 11.6 Å². The number of hydrogen-bond acceptors (Lipinski definition) is 3. The summed E-state index contributed by atoms with van der Waals surface area (Å²) in [5.41, 5.74) is 0.298. The lowest BCUT2D eigenvalue weighted by Crippen LogP contribution is -2.35. The maximum atomic E-state index is 13.1. The number of urea groups is 1. The van der Waals surface area contributed by atoms with Crippen molar-refractivity contribution in [1.29, 1.82) is 0 Å². The highest BCUT2D eigenvalue weighted by molar-refractivity contribution is 6.30. The van der Waals surface area contributed by atoms with Gasteiger partial charge in [-0.1, -0.05) is 11.6 Å². The Morgan fingerprint density at radius 3 is 2.75 bits per heavy atom. The number of benzene rings is 1. The Bertz CT molecular complexity index is 472. The summed E-state index contributed by atoms with van der Waals surface area (Å²) in [4.78, 5) is 11.6. The Kier molecular flexibility index (Phi) is 4.80. The Balaban J connectivity index is 1.77. The summed E-state index contributed by atoms with van der Waals surface area (Å²) in [7, 11) is 0. The first kappa shape index (κ1) is 15.0. The van der Waals surface area contributed by atoms with Crippen LogP contribution in [0.1, 0.15) is 13.3 Å². The molecule has 0 bridgehead atoms. The highest BCUT2D eigenvalue weighted by Gasteiger charge is 2.30. The summed E-state index contributed by atoms with van der Waals surface area (Å²) >= 11 is 5.70. The Morgan fingerprint density at radius 2 is 2.10 bits per heavy atom. The average molecular weight is 303 g/mol. The van der Waals surface area contributed by atoms with E-state index in [1.54, 1.807) is 0 Å². The SMILES string of the molecule is CC1(CCNC(=O)Nc2cc(F)cc(Cl)c2)OCCO1. The van der Waals surface area contributed by atoms with E-state index in [1.165, 1.54) is 18.2 Å². The lowest BCUT2D eigenvalue weighted by Gasteiger charge is -2.22. The lowest BCUT2D eigenvalue weighted by molar-refractivity contribution is -0.145. The summed E-state index contributed by atoms with van der Waals surface area (Å²) in [5.74, 6) is -1.15. The van der Waals surface area contributed by atoms with Gasteiger partial charge in [0.2, 0.25) is 0 Å². The molecule has 2 N–H and O–H groups in total. The van der Waals surface area contributed by atoms with Gasteiger partial charge in [0, 0.05) is 23.7 Å². The van der Waals surface area contributed by atoms with Crippen LogP contribution < -0.4 is 10.6 Å². The van der Waals surface area contributed by atoms with Gasteiger partial charge in [-0.3, -0.25) is 0 Å². The van der Waals surface area contributed by atoms with Crippen LogP contribution in [0.5, 0.6) is 0 Å². The Morgan fingerprint density at radius 1 is 1.40 bits per heavy atom. The number of halogens is 2. The number of rotatable bonds is 4. The molecule has 1 heterocycles. The fraction of sp³-hybridized carbons (Fsp3) is 0.462. The second-order valence-electron chi connectivity index (χ2n) is 4.62. The van der Waals surface area contributed by atoms with E-state index in [2.05, 4.69) is 10.6 Å². The molecular weight excluding hydrogens is 287 g/mol. The van der Waals surface area contributed by atoms with E-state index in [9.17, 15) is 9.18 Å². The number of nitrogens with one attached hydrogen (secondary N) is 2. The van der Waals surface area contributed by atoms with Gasteiger partial charge in [-0.05, 0) is 25.1 Å². The summed E-state index contributed by atoms with van der Waals surface area (Å²) in [6.45, 7) is 3.33. The molecule has 1 aromatic rings. The maximum absolute atomic E-state index is 13.1. The van der Waals surface area contributed by atoms with E-state index in [0.29, 0.717) is 31.9 Å². The van der Waals surface area contributed by atoms with Crippen LogP contribution in [-0.4, -0.2) is 31.6 Å². The molecule has 0 unspecified atom stereocenters. The minimum absolute atomic E-state index is 0.223. The maximum Gasteiger partial charge on any atom is 0.319 e. The van der Waals surface area contributed by atoms with E-state index in [1.807, 2.05) is 6.92 Å². The first-order chi connectivity index (χ1) is 9.47. The predicted molar refractivity (Wildman–Crippen MR) is 73.4 cm³/mol. The van der Waals surface area contributed by atoms with Gasteiger partial charge in [-0.15, -0.1) is 0 Å². The Labute approximate surface area is 121 Å². The van der Waals surface area contributed by atoms with Crippen LogP contribution in [0.4, 0.5) is 14.9 Å². The normalized spacial score (nSPS) is 16.9. The summed E-state index contributed by atoms with van der Waals surface area (Å²) < 4.78 is 23.9. The molecule has 1 saturated heterocycles. The van der Waals surface area contributed by atoms with Gasteiger partial charge in [-0.25, -0.2) is 9.18 Å². The average Bonchev–Trinajstić information content (AvgIpc) is 2.74. The molecule has 110 valence electrons. The lowest BCUT2D eigenvalue weighted by atomic mass is 10.2. The zero-order valence-corrected chi connectivity index (χ0v) is 11.8. The van der Waals surface area contributed by atoms with Gasteiger partial charge >= 0.3 is 6.03 Å². The van der Waals surface area contributed by atoms with E-state index in [0.717, 1.165) is 0 Å². The predicted octanol–water partition coefficient (Wildman–Crippen LogP) is 2.75. The second-order valence-corrected chi connectivity index (χ2v) is 5.06. The van der Waals surface area contributed by atoms with Crippen LogP contribution in [0.15, 0.2) is 18.2 Å². The molecule has 2 amide bonds. The van der Waals surface area contributed by atoms with Gasteiger partial charge in [0.05, 0.1) is 13.2 Å². The topological polar surface area (TPSA) is 59.6 Å². The highest BCUT2D eigenvalue weighted by atomic mass is 35.5. The number of anilines is 1. The van der Waals surface area contributed by atoms with E-state index < -0.39 is 17.6 Å². The molecule has 5 nitrogen and oxygen atoms in total. The number of ether oxygens (including phenoxy) is 2. The van der Waals surface area contributed by atoms with Crippen molar-refractivity contribution in [2.75, 3.05) is 25.1 Å². The van der Waals surface area contributed by atoms with Crippen LogP contribution in [0.3, 0.4) is 0 Å². The summed E-state index contributed by atoms with van der Waals surface area (Å²) in [5, 5.41) is 5.37. The van der Waals surface area contributed by atoms with Gasteiger partial charge in [0.1, 0.15) is 5.82 Å². The fourth-order valence-corrected chi connectivity index (χ4v) is 2.13. The van der Waals surface area contributed by atoms with Crippen molar-refractivity contribution < 1.29 is 18.7 Å². The zero-order chi connectivity index (χ0) is 14.6. The van der Waals surface area contributed by atoms with Crippen molar-refractivity contribution in [2.45, 2.75) is 19.1 Å². The van der Waals surface area contributed by atoms with Gasteiger partial charge in [0.15, 0.2) is 5.79 Å². The molecular formula is C13H16ClFN2O3. The minimum Gasteiger partial charge on any atom is -0.348 e. The van der Waals surface area contributed by atoms with Gasteiger partial charge in [0.25, 0.3) is 0 Å². The first-order valence-electron chi connectivity index (χ1n) is 6.26. The summed E-state index contributed by atoms with van der Waals surface area (Å²) in [6.07, 6.45) is 0.532. The molecule has 0 aromatic heterocycles. The zero-order valence-electron chi connectivity index (χ0n) is 11.0. The second kappa shape index (κ2) is 6.39. The fourth-order valence-electron chi connectivity index (χ4n) is 1.91. The number of carbonyl (C=O) groups is 1. The standard InChI is InChI=1S/C13H16ClFN2O3/c1-13(19-4-5-20-13)2-3-16-12(18)17-11-7-9(14)6-10(15)8-11/h6-8H,2-5H2,1H3,(H2,16,17,18). The van der Waals surface area contributed by atoms with E-state index in [-0.39, 0.29) is 5.02 Å². The molecule has 0 spiro atoms. The molecule has 0 atom stereocenters. The van der Waals surface area contributed by atoms with E-state index in [4.69, 9.17) is 21.1 Å². The van der Waals surface area contributed by atoms with Crippen molar-refractivity contribution in [2.24, 2.45) is 0 Å². The molecule has 0 aliphatic carbocycles. The van der Waals surface area contributed by atoms with Gasteiger partial charge < -0.3 is 20.1 Å². The molecule has 1 aromatic carbocycles. The molecule has 7 heteroatoms. The minimum atomic E-state index is -0.643. The van der Waals surface area contributed by atoms with Crippen molar-refractivity contribution in [1.82, 2.24) is 5.32 Å². The van der Waals surface area contributed by atoms with Gasteiger partial charge in [-0.2, -0.15) is 0 Å². The van der Waals surface area contributed by atoms with Crippen molar-refractivity contribution in [3.63, 3.8) is 0 Å². The molecule has 1 fully saturated rings. The third-order valence-electron chi connectivity index (χ3n) is 2.88. The third-order valence-corrected chi connectivity index (χ3v) is 3.10. The van der Waals surface area contributed by atoms with Crippen LogP contribution in [0.25, 0.3) is 0 Å². The number of amides is 2. The third kappa shape index (κ3) is 4.33. The summed E-state index contributed by atoms with van der Waals surface area (Å²) in [6, 6.07) is 3.39. The van der Waals surface area contributed by atoms with Crippen LogP contribution in [0.2, 0.25) is 5.02 Å². The van der Waals surface area contributed by atoms with Crippen LogP contribution in [-0.2, 0) is 9.47 Å². The van der Waals surface area contributed by atoms with Crippen molar-refractivity contribution in [3.05, 3.63) is 29.0 Å². The van der Waals surface area contributed by atoms with Crippen LogP contribution in [0, 0.1) is 5.82 Å². The molecule has 1 aliphatic heterocycles. The largest absolute Gasteiger partial charge is 0.348 e. The molecule has 0 radical (unpaired) electrons. The highest BCUT2D eigenvalue weighted by Crippen LogP contribution is 2.21. The Hall–Kier alpha value is -1.37. The quantitative estimate of drug-likeness (QED) is 0.899. The van der Waals surface area contributed by atoms with Crippen molar-refractivity contribution >= 4 is 23.3 Å². The first-order valence-corrected chi connectivity index (χ1v) is 6.63. The molecule has 20 heavy (non-hydrogen) atoms. The molecule has 1 aliphatic rings. The smallest absolute Gasteiger partial charge is 0.319 e.